The van der Waals surface area contributed by atoms with Gasteiger partial charge in [-0.3, -0.25) is 14.4 Å². The Kier molecular flexibility index (Phi) is 7.43. The van der Waals surface area contributed by atoms with Crippen LogP contribution in [0.2, 0.25) is 0 Å². The van der Waals surface area contributed by atoms with Gasteiger partial charge in [-0.05, 0) is 49.4 Å². The minimum absolute atomic E-state index is 0.172. The number of hydrogen-bond donors (Lipinski definition) is 2. The highest BCUT2D eigenvalue weighted by atomic mass is 79.9. The van der Waals surface area contributed by atoms with Crippen LogP contribution in [0.5, 0.6) is 0 Å². The molecule has 0 radical (unpaired) electrons. The van der Waals surface area contributed by atoms with Crippen LogP contribution in [0.25, 0.3) is 0 Å². The summed E-state index contributed by atoms with van der Waals surface area (Å²) >= 11 is 3.36. The summed E-state index contributed by atoms with van der Waals surface area (Å²) in [6.45, 7) is 1.35. The SMILES string of the molecule is Cc1cc(Br)ccc1NC(=O)CNC(=O)COC(=O)CC1CCCC1. The van der Waals surface area contributed by atoms with Crippen LogP contribution >= 0.6 is 15.9 Å². The maximum Gasteiger partial charge on any atom is 0.306 e. The molecule has 0 heterocycles. The average molecular weight is 411 g/mol. The first-order valence-electron chi connectivity index (χ1n) is 8.42. The summed E-state index contributed by atoms with van der Waals surface area (Å²) in [5.74, 6) is -0.786. The van der Waals surface area contributed by atoms with Gasteiger partial charge in [-0.15, -0.1) is 0 Å². The van der Waals surface area contributed by atoms with Crippen molar-refractivity contribution in [2.75, 3.05) is 18.5 Å². The molecular weight excluding hydrogens is 388 g/mol. The van der Waals surface area contributed by atoms with Crippen molar-refractivity contribution in [1.82, 2.24) is 5.32 Å². The number of ether oxygens (including phenoxy) is 1. The minimum Gasteiger partial charge on any atom is -0.456 e. The Labute approximate surface area is 155 Å². The molecule has 1 aliphatic rings. The molecule has 0 spiro atoms. The van der Waals surface area contributed by atoms with Gasteiger partial charge in [0, 0.05) is 16.6 Å². The minimum atomic E-state index is -0.484. The molecule has 6 nitrogen and oxygen atoms in total. The number of amides is 2. The summed E-state index contributed by atoms with van der Waals surface area (Å²) in [5.41, 5.74) is 1.60. The molecule has 7 heteroatoms. The van der Waals surface area contributed by atoms with Gasteiger partial charge in [0.05, 0.1) is 6.54 Å². The van der Waals surface area contributed by atoms with Crippen molar-refractivity contribution in [3.05, 3.63) is 28.2 Å². The second-order valence-corrected chi connectivity index (χ2v) is 7.22. The molecule has 0 aliphatic heterocycles. The Balaban J connectivity index is 1.65. The third-order valence-corrected chi connectivity index (χ3v) is 4.70. The quantitative estimate of drug-likeness (QED) is 0.676. The highest BCUT2D eigenvalue weighted by molar-refractivity contribution is 9.10. The molecule has 0 bridgehead atoms. The highest BCUT2D eigenvalue weighted by Crippen LogP contribution is 2.27. The van der Waals surface area contributed by atoms with E-state index in [1.165, 1.54) is 0 Å². The molecule has 1 aromatic rings. The first-order chi connectivity index (χ1) is 11.9. The lowest BCUT2D eigenvalue weighted by Crippen LogP contribution is -2.35. The van der Waals surface area contributed by atoms with Crippen molar-refractivity contribution in [2.45, 2.75) is 39.0 Å². The molecule has 1 saturated carbocycles. The van der Waals surface area contributed by atoms with E-state index in [-0.39, 0.29) is 25.0 Å². The van der Waals surface area contributed by atoms with Crippen molar-refractivity contribution >= 4 is 39.4 Å². The van der Waals surface area contributed by atoms with E-state index in [2.05, 4.69) is 26.6 Å². The van der Waals surface area contributed by atoms with Gasteiger partial charge >= 0.3 is 5.97 Å². The van der Waals surface area contributed by atoms with Crippen LogP contribution in [0.15, 0.2) is 22.7 Å². The predicted octanol–water partition coefficient (Wildman–Crippen LogP) is 2.94. The van der Waals surface area contributed by atoms with Gasteiger partial charge < -0.3 is 15.4 Å². The Hall–Kier alpha value is -1.89. The maximum atomic E-state index is 11.9. The smallest absolute Gasteiger partial charge is 0.306 e. The topological polar surface area (TPSA) is 84.5 Å². The molecule has 25 heavy (non-hydrogen) atoms. The molecule has 1 aliphatic carbocycles. The van der Waals surface area contributed by atoms with Crippen LogP contribution in [0, 0.1) is 12.8 Å². The second-order valence-electron chi connectivity index (χ2n) is 6.30. The zero-order valence-electron chi connectivity index (χ0n) is 14.3. The third kappa shape index (κ3) is 6.86. The van der Waals surface area contributed by atoms with Crippen LogP contribution in [0.4, 0.5) is 5.69 Å². The number of anilines is 1. The van der Waals surface area contributed by atoms with Crippen molar-refractivity contribution in [1.29, 1.82) is 0 Å². The Morgan fingerprint density at radius 3 is 2.60 bits per heavy atom. The van der Waals surface area contributed by atoms with Crippen molar-refractivity contribution < 1.29 is 19.1 Å². The molecular formula is C18H23BrN2O4. The van der Waals surface area contributed by atoms with Gasteiger partial charge in [0.15, 0.2) is 6.61 Å². The number of nitrogens with one attached hydrogen (secondary N) is 2. The molecule has 0 aromatic heterocycles. The van der Waals surface area contributed by atoms with Crippen molar-refractivity contribution in [2.24, 2.45) is 5.92 Å². The first-order valence-corrected chi connectivity index (χ1v) is 9.21. The number of aryl methyl sites for hydroxylation is 1. The zero-order valence-corrected chi connectivity index (χ0v) is 15.9. The monoisotopic (exact) mass is 410 g/mol. The number of benzene rings is 1. The molecule has 136 valence electrons. The summed E-state index contributed by atoms with van der Waals surface area (Å²) in [5, 5.41) is 5.17. The van der Waals surface area contributed by atoms with Gasteiger partial charge in [0.1, 0.15) is 0 Å². The van der Waals surface area contributed by atoms with E-state index in [0.29, 0.717) is 18.0 Å². The molecule has 2 rings (SSSR count). The van der Waals surface area contributed by atoms with E-state index in [1.54, 1.807) is 6.07 Å². The Morgan fingerprint density at radius 1 is 1.20 bits per heavy atom. The number of carbonyl (C=O) groups excluding carboxylic acids is 3. The largest absolute Gasteiger partial charge is 0.456 e. The van der Waals surface area contributed by atoms with Crippen LogP contribution < -0.4 is 10.6 Å². The normalized spacial score (nSPS) is 14.2. The fourth-order valence-corrected chi connectivity index (χ4v) is 3.32. The molecule has 0 unspecified atom stereocenters. The fourth-order valence-electron chi connectivity index (χ4n) is 2.85. The second kappa shape index (κ2) is 9.56. The van der Waals surface area contributed by atoms with Gasteiger partial charge in [0.25, 0.3) is 5.91 Å². The lowest BCUT2D eigenvalue weighted by molar-refractivity contribution is -0.149. The van der Waals surface area contributed by atoms with Crippen molar-refractivity contribution in [3.8, 4) is 0 Å². The van der Waals surface area contributed by atoms with Crippen LogP contribution in [0.1, 0.15) is 37.7 Å². The molecule has 1 fully saturated rings. The van der Waals surface area contributed by atoms with E-state index >= 15 is 0 Å². The molecule has 1 aromatic carbocycles. The number of rotatable bonds is 7. The molecule has 0 saturated heterocycles. The van der Waals surface area contributed by atoms with Gasteiger partial charge in [-0.1, -0.05) is 28.8 Å². The number of carbonyl (C=O) groups is 3. The summed E-state index contributed by atoms with van der Waals surface area (Å²) in [7, 11) is 0. The Bertz CT molecular complexity index is 642. The van der Waals surface area contributed by atoms with E-state index in [1.807, 2.05) is 19.1 Å². The summed E-state index contributed by atoms with van der Waals surface area (Å²) in [4.78, 5) is 35.2. The predicted molar refractivity (Wildman–Crippen MR) is 98.1 cm³/mol. The summed E-state index contributed by atoms with van der Waals surface area (Å²) in [6.07, 6.45) is 4.79. The average Bonchev–Trinajstić information content (AvgIpc) is 3.06. The number of hydrogen-bond acceptors (Lipinski definition) is 4. The van der Waals surface area contributed by atoms with E-state index in [0.717, 1.165) is 35.7 Å². The van der Waals surface area contributed by atoms with Gasteiger partial charge in [0.2, 0.25) is 5.91 Å². The lowest BCUT2D eigenvalue weighted by Gasteiger charge is -2.11. The maximum absolute atomic E-state index is 11.9. The fraction of sp³-hybridized carbons (Fsp3) is 0.500. The number of esters is 1. The summed E-state index contributed by atoms with van der Waals surface area (Å²) < 4.78 is 5.89. The van der Waals surface area contributed by atoms with Gasteiger partial charge in [-0.2, -0.15) is 0 Å². The zero-order chi connectivity index (χ0) is 18.2. The van der Waals surface area contributed by atoms with Crippen LogP contribution in [0.3, 0.4) is 0 Å². The molecule has 2 amide bonds. The Morgan fingerprint density at radius 2 is 1.92 bits per heavy atom. The number of halogens is 1. The lowest BCUT2D eigenvalue weighted by atomic mass is 10.1. The van der Waals surface area contributed by atoms with Crippen LogP contribution in [-0.2, 0) is 19.1 Å². The van der Waals surface area contributed by atoms with Crippen LogP contribution in [-0.4, -0.2) is 30.9 Å². The van der Waals surface area contributed by atoms with Gasteiger partial charge in [-0.25, -0.2) is 0 Å². The van der Waals surface area contributed by atoms with E-state index < -0.39 is 5.91 Å². The van der Waals surface area contributed by atoms with E-state index in [4.69, 9.17) is 4.74 Å². The van der Waals surface area contributed by atoms with E-state index in [9.17, 15) is 14.4 Å². The highest BCUT2D eigenvalue weighted by Gasteiger charge is 2.19. The molecule has 2 N–H and O–H groups in total. The first kappa shape index (κ1) is 19.4. The molecule has 0 atom stereocenters. The summed E-state index contributed by atoms with van der Waals surface area (Å²) in [6, 6.07) is 5.49. The third-order valence-electron chi connectivity index (χ3n) is 4.20. The standard InChI is InChI=1S/C18H23BrN2O4/c1-12-8-14(19)6-7-15(12)21-16(22)10-20-17(23)11-25-18(24)9-13-4-2-3-5-13/h6-8,13H,2-5,9-11H2,1H3,(H,20,23)(H,21,22). The van der Waals surface area contributed by atoms with Crippen molar-refractivity contribution in [3.63, 3.8) is 0 Å².